The normalized spacial score (nSPS) is 12.4. The number of hydrogen-bond acceptors (Lipinski definition) is 4. The first-order valence-corrected chi connectivity index (χ1v) is 5.01. The van der Waals surface area contributed by atoms with Crippen LogP contribution in [0.5, 0.6) is 0 Å². The summed E-state index contributed by atoms with van der Waals surface area (Å²) >= 11 is 0. The Morgan fingerprint density at radius 3 is 2.71 bits per heavy atom. The van der Waals surface area contributed by atoms with Crippen LogP contribution < -0.4 is 5.32 Å². The molecule has 82 valence electrons. The quantitative estimate of drug-likeness (QED) is 0.563. The van der Waals surface area contributed by atoms with E-state index >= 15 is 0 Å². The molecule has 0 saturated carbocycles. The minimum atomic E-state index is -0.0515. The van der Waals surface area contributed by atoms with Crippen molar-refractivity contribution in [3.05, 3.63) is 0 Å². The largest absolute Gasteiger partial charge is 0.382 e. The van der Waals surface area contributed by atoms with Crippen molar-refractivity contribution in [1.82, 2.24) is 5.32 Å². The first-order valence-electron chi connectivity index (χ1n) is 5.01. The van der Waals surface area contributed by atoms with E-state index in [2.05, 4.69) is 11.4 Å². The van der Waals surface area contributed by atoms with Gasteiger partial charge in [0.1, 0.15) is 0 Å². The fourth-order valence-electron chi connectivity index (χ4n) is 0.938. The third-order valence-corrected chi connectivity index (χ3v) is 1.79. The first-order chi connectivity index (χ1) is 6.81. The zero-order chi connectivity index (χ0) is 10.6. The molecule has 0 aliphatic heterocycles. The maximum atomic E-state index is 8.48. The molecule has 0 aromatic heterocycles. The predicted octanol–water partition coefficient (Wildman–Crippen LogP) is 0.931. The number of ether oxygens (including phenoxy) is 2. The van der Waals surface area contributed by atoms with Crippen molar-refractivity contribution in [3.63, 3.8) is 0 Å². The topological polar surface area (TPSA) is 54.3 Å². The van der Waals surface area contributed by atoms with Gasteiger partial charge in [-0.15, -0.1) is 0 Å². The maximum absolute atomic E-state index is 8.48. The van der Waals surface area contributed by atoms with Crippen molar-refractivity contribution in [2.75, 3.05) is 33.5 Å². The van der Waals surface area contributed by atoms with E-state index in [1.54, 1.807) is 7.11 Å². The molecule has 0 fully saturated rings. The third kappa shape index (κ3) is 9.46. The number of nitrogens with zero attached hydrogens (tertiary/aromatic N) is 1. The van der Waals surface area contributed by atoms with E-state index in [0.717, 1.165) is 26.0 Å². The smallest absolute Gasteiger partial charge is 0.0924 e. The molecule has 0 aliphatic carbocycles. The second-order valence-electron chi connectivity index (χ2n) is 3.12. The molecule has 0 aromatic carbocycles. The molecule has 0 bridgehead atoms. The molecule has 0 rings (SSSR count). The molecule has 14 heavy (non-hydrogen) atoms. The van der Waals surface area contributed by atoms with Gasteiger partial charge >= 0.3 is 0 Å². The molecule has 0 saturated heterocycles. The molecule has 1 unspecified atom stereocenters. The van der Waals surface area contributed by atoms with Crippen molar-refractivity contribution in [2.24, 2.45) is 0 Å². The van der Waals surface area contributed by atoms with Crippen LogP contribution in [-0.4, -0.2) is 39.5 Å². The lowest BCUT2D eigenvalue weighted by Gasteiger charge is -2.06. The molecule has 1 N–H and O–H groups in total. The van der Waals surface area contributed by atoms with Crippen LogP contribution >= 0.6 is 0 Å². The lowest BCUT2D eigenvalue weighted by Crippen LogP contribution is -2.25. The van der Waals surface area contributed by atoms with Crippen molar-refractivity contribution in [3.8, 4) is 6.07 Å². The molecular formula is C10H20N2O2. The molecule has 0 spiro atoms. The number of methoxy groups -OCH3 is 1. The van der Waals surface area contributed by atoms with Gasteiger partial charge in [-0.1, -0.05) is 0 Å². The van der Waals surface area contributed by atoms with Gasteiger partial charge in [-0.2, -0.15) is 5.26 Å². The van der Waals surface area contributed by atoms with Crippen LogP contribution in [-0.2, 0) is 9.47 Å². The minimum Gasteiger partial charge on any atom is -0.382 e. The van der Waals surface area contributed by atoms with Gasteiger partial charge < -0.3 is 14.8 Å². The number of nitriles is 1. The Morgan fingerprint density at radius 1 is 1.29 bits per heavy atom. The van der Waals surface area contributed by atoms with Gasteiger partial charge in [0.25, 0.3) is 0 Å². The summed E-state index contributed by atoms with van der Waals surface area (Å²) < 4.78 is 10.1. The summed E-state index contributed by atoms with van der Waals surface area (Å²) in [6.45, 7) is 4.83. The van der Waals surface area contributed by atoms with Gasteiger partial charge in [0.05, 0.1) is 25.3 Å². The Hall–Kier alpha value is -0.630. The molecule has 0 amide bonds. The Balaban J connectivity index is 2.96. The van der Waals surface area contributed by atoms with Gasteiger partial charge in [-0.3, -0.25) is 0 Å². The molecule has 0 radical (unpaired) electrons. The average Bonchev–Trinajstić information content (AvgIpc) is 2.21. The Kier molecular flexibility index (Phi) is 9.98. The Bertz CT molecular complexity index is 157. The predicted molar refractivity (Wildman–Crippen MR) is 55.0 cm³/mol. The van der Waals surface area contributed by atoms with Gasteiger partial charge in [0, 0.05) is 13.7 Å². The lowest BCUT2D eigenvalue weighted by molar-refractivity contribution is 0.0688. The van der Waals surface area contributed by atoms with Crippen LogP contribution in [0.4, 0.5) is 0 Å². The van der Waals surface area contributed by atoms with Crippen LogP contribution in [0.15, 0.2) is 0 Å². The van der Waals surface area contributed by atoms with E-state index in [4.69, 9.17) is 14.7 Å². The highest BCUT2D eigenvalue weighted by atomic mass is 16.5. The monoisotopic (exact) mass is 200 g/mol. The van der Waals surface area contributed by atoms with Crippen LogP contribution in [0.2, 0.25) is 0 Å². The summed E-state index contributed by atoms with van der Waals surface area (Å²) in [5.41, 5.74) is 0. The summed E-state index contributed by atoms with van der Waals surface area (Å²) in [6, 6.07) is 2.07. The van der Waals surface area contributed by atoms with Crippen molar-refractivity contribution >= 4 is 0 Å². The van der Waals surface area contributed by atoms with E-state index in [1.165, 1.54) is 0 Å². The lowest BCUT2D eigenvalue weighted by atomic mass is 10.3. The van der Waals surface area contributed by atoms with E-state index in [9.17, 15) is 0 Å². The van der Waals surface area contributed by atoms with Gasteiger partial charge in [-0.25, -0.2) is 0 Å². The Labute approximate surface area is 86.2 Å². The SMILES string of the molecule is COCCOCCCCNC(C)C#N. The second kappa shape index (κ2) is 10.5. The van der Waals surface area contributed by atoms with Gasteiger partial charge in [0.2, 0.25) is 0 Å². The van der Waals surface area contributed by atoms with Crippen LogP contribution in [0, 0.1) is 11.3 Å². The number of rotatable bonds is 9. The molecule has 0 heterocycles. The van der Waals surface area contributed by atoms with Gasteiger partial charge in [0.15, 0.2) is 0 Å². The highest BCUT2D eigenvalue weighted by Crippen LogP contribution is 1.89. The molecule has 4 heteroatoms. The van der Waals surface area contributed by atoms with Crippen LogP contribution in [0.1, 0.15) is 19.8 Å². The number of hydrogen-bond donors (Lipinski definition) is 1. The third-order valence-electron chi connectivity index (χ3n) is 1.79. The molecule has 0 aliphatic rings. The van der Waals surface area contributed by atoms with Crippen molar-refractivity contribution < 1.29 is 9.47 Å². The number of nitrogens with one attached hydrogen (secondary N) is 1. The minimum absolute atomic E-state index is 0.0515. The fourth-order valence-corrected chi connectivity index (χ4v) is 0.938. The summed E-state index contributed by atoms with van der Waals surface area (Å²) in [4.78, 5) is 0. The summed E-state index contributed by atoms with van der Waals surface area (Å²) in [5.74, 6) is 0. The van der Waals surface area contributed by atoms with Crippen molar-refractivity contribution in [1.29, 1.82) is 5.26 Å². The first kappa shape index (κ1) is 13.4. The van der Waals surface area contributed by atoms with E-state index in [0.29, 0.717) is 13.2 Å². The van der Waals surface area contributed by atoms with E-state index in [1.807, 2.05) is 6.92 Å². The molecule has 1 atom stereocenters. The highest BCUT2D eigenvalue weighted by Gasteiger charge is 1.96. The van der Waals surface area contributed by atoms with Crippen LogP contribution in [0.25, 0.3) is 0 Å². The number of unbranched alkanes of at least 4 members (excludes halogenated alkanes) is 1. The van der Waals surface area contributed by atoms with Gasteiger partial charge in [-0.05, 0) is 26.3 Å². The summed E-state index contributed by atoms with van der Waals surface area (Å²) in [6.07, 6.45) is 2.06. The molecule has 4 nitrogen and oxygen atoms in total. The zero-order valence-corrected chi connectivity index (χ0v) is 9.08. The summed E-state index contributed by atoms with van der Waals surface area (Å²) in [5, 5.41) is 11.6. The average molecular weight is 200 g/mol. The van der Waals surface area contributed by atoms with Crippen LogP contribution in [0.3, 0.4) is 0 Å². The van der Waals surface area contributed by atoms with Crippen molar-refractivity contribution in [2.45, 2.75) is 25.8 Å². The highest BCUT2D eigenvalue weighted by molar-refractivity contribution is 4.84. The van der Waals surface area contributed by atoms with E-state index in [-0.39, 0.29) is 6.04 Å². The molecule has 0 aromatic rings. The fraction of sp³-hybridized carbons (Fsp3) is 0.900. The zero-order valence-electron chi connectivity index (χ0n) is 9.08. The summed E-state index contributed by atoms with van der Waals surface area (Å²) in [7, 11) is 1.66. The molecular weight excluding hydrogens is 180 g/mol. The Morgan fingerprint density at radius 2 is 2.07 bits per heavy atom. The standard InChI is InChI=1S/C10H20N2O2/c1-10(9-11)12-5-3-4-6-14-8-7-13-2/h10,12H,3-8H2,1-2H3. The van der Waals surface area contributed by atoms with E-state index < -0.39 is 0 Å². The second-order valence-corrected chi connectivity index (χ2v) is 3.12. The maximum Gasteiger partial charge on any atom is 0.0924 e.